The molecule has 1 saturated heterocycles. The largest absolute Gasteiger partial charge is 0.361 e. The van der Waals surface area contributed by atoms with Crippen LogP contribution in [0.2, 0.25) is 0 Å². The number of likely N-dealkylation sites (tertiary alicyclic amines) is 1. The maximum absolute atomic E-state index is 12.5. The molecule has 1 aromatic heterocycles. The highest BCUT2D eigenvalue weighted by molar-refractivity contribution is 5.97. The van der Waals surface area contributed by atoms with Crippen LogP contribution in [0.15, 0.2) is 54.7 Å². The van der Waals surface area contributed by atoms with Gasteiger partial charge in [-0.3, -0.25) is 9.59 Å². The van der Waals surface area contributed by atoms with Gasteiger partial charge in [0, 0.05) is 42.3 Å². The number of carbonyl (C=O) groups is 2. The van der Waals surface area contributed by atoms with Gasteiger partial charge in [-0.15, -0.1) is 0 Å². The van der Waals surface area contributed by atoms with E-state index in [1.54, 1.807) is 0 Å². The van der Waals surface area contributed by atoms with Crippen LogP contribution >= 0.6 is 0 Å². The van der Waals surface area contributed by atoms with E-state index in [-0.39, 0.29) is 24.2 Å². The van der Waals surface area contributed by atoms with Crippen molar-refractivity contribution in [3.63, 3.8) is 0 Å². The molecule has 1 aliphatic heterocycles. The van der Waals surface area contributed by atoms with Crippen LogP contribution in [0.3, 0.4) is 0 Å². The summed E-state index contributed by atoms with van der Waals surface area (Å²) in [5, 5.41) is 4.11. The zero-order valence-electron chi connectivity index (χ0n) is 15.4. The minimum absolute atomic E-state index is 0.0548. The Kier molecular flexibility index (Phi) is 4.67. The van der Waals surface area contributed by atoms with Crippen molar-refractivity contribution >= 4 is 28.4 Å². The number of amides is 2. The molecule has 3 aromatic rings. The maximum atomic E-state index is 12.5. The van der Waals surface area contributed by atoms with E-state index in [9.17, 15) is 9.59 Å². The van der Waals surface area contributed by atoms with Crippen molar-refractivity contribution in [2.75, 3.05) is 18.4 Å². The topological polar surface area (TPSA) is 65.2 Å². The fraction of sp³-hybridized carbons (Fsp3) is 0.273. The van der Waals surface area contributed by atoms with Gasteiger partial charge in [-0.25, -0.2) is 0 Å². The van der Waals surface area contributed by atoms with E-state index in [1.165, 1.54) is 16.5 Å². The highest BCUT2D eigenvalue weighted by Gasteiger charge is 2.34. The molecular formula is C22H23N3O2. The van der Waals surface area contributed by atoms with E-state index >= 15 is 0 Å². The van der Waals surface area contributed by atoms with Crippen molar-refractivity contribution in [2.45, 2.75) is 19.8 Å². The fourth-order valence-electron chi connectivity index (χ4n) is 3.68. The van der Waals surface area contributed by atoms with Crippen LogP contribution in [0.25, 0.3) is 10.9 Å². The second-order valence-electron chi connectivity index (χ2n) is 7.21. The van der Waals surface area contributed by atoms with Gasteiger partial charge in [0.15, 0.2) is 0 Å². The van der Waals surface area contributed by atoms with Crippen molar-refractivity contribution in [3.8, 4) is 0 Å². The molecule has 2 amide bonds. The number of H-pyrrole nitrogens is 1. The lowest BCUT2D eigenvalue weighted by atomic mass is 10.1. The van der Waals surface area contributed by atoms with Gasteiger partial charge < -0.3 is 15.2 Å². The predicted octanol–water partition coefficient (Wildman–Crippen LogP) is 3.51. The third-order valence-corrected chi connectivity index (χ3v) is 5.20. The summed E-state index contributed by atoms with van der Waals surface area (Å²) in [6, 6.07) is 15.7. The van der Waals surface area contributed by atoms with E-state index < -0.39 is 0 Å². The summed E-state index contributed by atoms with van der Waals surface area (Å²) in [5.41, 5.74) is 4.31. The van der Waals surface area contributed by atoms with Crippen LogP contribution in [-0.2, 0) is 16.0 Å². The van der Waals surface area contributed by atoms with Crippen LogP contribution in [0.4, 0.5) is 5.69 Å². The lowest BCUT2D eigenvalue weighted by Crippen LogP contribution is -2.29. The fourth-order valence-corrected chi connectivity index (χ4v) is 3.68. The van der Waals surface area contributed by atoms with Gasteiger partial charge in [0.05, 0.1) is 5.92 Å². The number of nitrogens with one attached hydrogen (secondary N) is 2. The summed E-state index contributed by atoms with van der Waals surface area (Å²) in [6.07, 6.45) is 3.08. The van der Waals surface area contributed by atoms with Gasteiger partial charge in [-0.05, 0) is 43.2 Å². The van der Waals surface area contributed by atoms with Gasteiger partial charge in [0.2, 0.25) is 11.8 Å². The molecule has 0 aliphatic carbocycles. The molecule has 4 rings (SSSR count). The second kappa shape index (κ2) is 7.27. The highest BCUT2D eigenvalue weighted by Crippen LogP contribution is 2.23. The van der Waals surface area contributed by atoms with Gasteiger partial charge in [0.1, 0.15) is 0 Å². The van der Waals surface area contributed by atoms with Crippen LogP contribution in [0.1, 0.15) is 17.5 Å². The van der Waals surface area contributed by atoms with Crippen molar-refractivity contribution < 1.29 is 9.59 Å². The number of rotatable bonds is 5. The number of aromatic amines is 1. The molecule has 5 heteroatoms. The average Bonchev–Trinajstić information content (AvgIpc) is 3.24. The molecule has 0 unspecified atom stereocenters. The number of hydrogen-bond acceptors (Lipinski definition) is 2. The minimum Gasteiger partial charge on any atom is -0.361 e. The molecule has 138 valence electrons. The van der Waals surface area contributed by atoms with Gasteiger partial charge in [-0.1, -0.05) is 29.8 Å². The molecule has 0 spiro atoms. The van der Waals surface area contributed by atoms with Crippen molar-refractivity contribution in [2.24, 2.45) is 5.92 Å². The Morgan fingerprint density at radius 2 is 2.04 bits per heavy atom. The van der Waals surface area contributed by atoms with E-state index in [0.717, 1.165) is 17.6 Å². The number of nitrogens with zero attached hydrogens (tertiary/aromatic N) is 1. The summed E-state index contributed by atoms with van der Waals surface area (Å²) < 4.78 is 0. The highest BCUT2D eigenvalue weighted by atomic mass is 16.2. The smallest absolute Gasteiger partial charge is 0.229 e. The predicted molar refractivity (Wildman–Crippen MR) is 106 cm³/mol. The third kappa shape index (κ3) is 3.72. The lowest BCUT2D eigenvalue weighted by Gasteiger charge is -2.16. The molecule has 0 saturated carbocycles. The van der Waals surface area contributed by atoms with Crippen molar-refractivity contribution in [1.82, 2.24) is 9.88 Å². The van der Waals surface area contributed by atoms with Crippen molar-refractivity contribution in [3.05, 3.63) is 65.9 Å². The first kappa shape index (κ1) is 17.3. The normalized spacial score (nSPS) is 16.9. The molecule has 2 N–H and O–H groups in total. The zero-order valence-corrected chi connectivity index (χ0v) is 15.4. The first-order chi connectivity index (χ1) is 13.1. The van der Waals surface area contributed by atoms with Gasteiger partial charge in [0.25, 0.3) is 0 Å². The van der Waals surface area contributed by atoms with Crippen molar-refractivity contribution in [1.29, 1.82) is 0 Å². The molecule has 1 aliphatic rings. The molecular weight excluding hydrogens is 338 g/mol. The summed E-state index contributed by atoms with van der Waals surface area (Å²) >= 11 is 0. The van der Waals surface area contributed by atoms with Crippen LogP contribution in [0.5, 0.6) is 0 Å². The summed E-state index contributed by atoms with van der Waals surface area (Å²) in [6.45, 7) is 3.20. The molecule has 1 fully saturated rings. The Morgan fingerprint density at radius 1 is 1.22 bits per heavy atom. The quantitative estimate of drug-likeness (QED) is 0.730. The molecule has 27 heavy (non-hydrogen) atoms. The second-order valence-corrected chi connectivity index (χ2v) is 7.21. The number of aromatic nitrogens is 1. The first-order valence-corrected chi connectivity index (χ1v) is 9.30. The van der Waals surface area contributed by atoms with E-state index in [1.807, 2.05) is 41.4 Å². The number of para-hydroxylation sites is 1. The number of hydrogen-bond donors (Lipinski definition) is 2. The Bertz CT molecular complexity index is 978. The Morgan fingerprint density at radius 3 is 2.85 bits per heavy atom. The SMILES string of the molecule is Cc1ccc2[nH]cc(CCN3C[C@@H](C(=O)Nc4ccccc4)CC3=O)c2c1. The van der Waals surface area contributed by atoms with Crippen LogP contribution in [-0.4, -0.2) is 34.8 Å². The number of benzene rings is 2. The lowest BCUT2D eigenvalue weighted by molar-refractivity contribution is -0.128. The van der Waals surface area contributed by atoms with E-state index in [0.29, 0.717) is 13.1 Å². The zero-order chi connectivity index (χ0) is 18.8. The number of anilines is 1. The van der Waals surface area contributed by atoms with Gasteiger partial charge in [-0.2, -0.15) is 0 Å². The average molecular weight is 361 g/mol. The standard InChI is InChI=1S/C22H23N3O2/c1-15-7-8-20-19(11-15)16(13-23-20)9-10-25-14-17(12-21(25)26)22(27)24-18-5-3-2-4-6-18/h2-8,11,13,17,23H,9-10,12,14H2,1H3,(H,24,27)/t17-/m0/s1. The first-order valence-electron chi connectivity index (χ1n) is 9.30. The van der Waals surface area contributed by atoms with E-state index in [4.69, 9.17) is 0 Å². The van der Waals surface area contributed by atoms with Crippen LogP contribution < -0.4 is 5.32 Å². The van der Waals surface area contributed by atoms with Crippen LogP contribution in [0, 0.1) is 12.8 Å². The molecule has 2 heterocycles. The molecule has 0 bridgehead atoms. The third-order valence-electron chi connectivity index (χ3n) is 5.20. The molecule has 2 aromatic carbocycles. The Labute approximate surface area is 158 Å². The Hall–Kier alpha value is -3.08. The minimum atomic E-state index is -0.289. The number of fused-ring (bicyclic) bond motifs is 1. The van der Waals surface area contributed by atoms with Gasteiger partial charge >= 0.3 is 0 Å². The summed E-state index contributed by atoms with van der Waals surface area (Å²) in [4.78, 5) is 29.9. The summed E-state index contributed by atoms with van der Waals surface area (Å²) in [5.74, 6) is -0.318. The summed E-state index contributed by atoms with van der Waals surface area (Å²) in [7, 11) is 0. The monoisotopic (exact) mass is 361 g/mol. The molecule has 1 atom stereocenters. The molecule has 0 radical (unpaired) electrons. The maximum Gasteiger partial charge on any atom is 0.229 e. The van der Waals surface area contributed by atoms with E-state index in [2.05, 4.69) is 35.4 Å². The molecule has 5 nitrogen and oxygen atoms in total. The Balaban J connectivity index is 1.38. The number of carbonyl (C=O) groups excluding carboxylic acids is 2. The number of aryl methyl sites for hydroxylation is 1.